The number of hydrogen-bond donors (Lipinski definition) is 0. The molecule has 0 aliphatic heterocycles. The second-order valence-corrected chi connectivity index (χ2v) is 3.98. The van der Waals surface area contributed by atoms with Crippen molar-refractivity contribution < 1.29 is 9.53 Å². The summed E-state index contributed by atoms with van der Waals surface area (Å²) in [5, 5.41) is 0. The Hall–Kier alpha value is -1.38. The Bertz CT molecular complexity index is 347. The molecule has 0 aliphatic carbocycles. The van der Waals surface area contributed by atoms with Gasteiger partial charge in [-0.15, -0.1) is 0 Å². The largest absolute Gasteiger partial charge is 0.469 e. The third-order valence-electron chi connectivity index (χ3n) is 2.52. The first-order valence-electron chi connectivity index (χ1n) is 5.06. The first-order valence-corrected chi connectivity index (χ1v) is 5.06. The normalized spacial score (nSPS) is 12.6. The number of hydrogen-bond acceptors (Lipinski definition) is 3. The van der Waals surface area contributed by atoms with Crippen LogP contribution in [0.15, 0.2) is 18.5 Å². The van der Waals surface area contributed by atoms with Crippen LogP contribution >= 0.6 is 0 Å². The van der Waals surface area contributed by atoms with Gasteiger partial charge < -0.3 is 4.74 Å². The SMILES string of the molecule is COC(=O)C(c1ccncc1C)C(C)C. The van der Waals surface area contributed by atoms with Gasteiger partial charge in [-0.1, -0.05) is 13.8 Å². The first-order chi connectivity index (χ1) is 7.07. The van der Waals surface area contributed by atoms with Gasteiger partial charge in [-0.3, -0.25) is 9.78 Å². The van der Waals surface area contributed by atoms with Crippen LogP contribution in [0.25, 0.3) is 0 Å². The number of aromatic nitrogens is 1. The fourth-order valence-electron chi connectivity index (χ4n) is 1.72. The molecule has 0 spiro atoms. The highest BCUT2D eigenvalue weighted by molar-refractivity contribution is 5.78. The standard InChI is InChI=1S/C12H17NO2/c1-8(2)11(12(14)15-4)10-5-6-13-7-9(10)3/h5-8,11H,1-4H3. The summed E-state index contributed by atoms with van der Waals surface area (Å²) in [6.45, 7) is 5.99. The predicted molar refractivity (Wildman–Crippen MR) is 58.6 cm³/mol. The Morgan fingerprint density at radius 1 is 1.47 bits per heavy atom. The highest BCUT2D eigenvalue weighted by Gasteiger charge is 2.26. The van der Waals surface area contributed by atoms with Gasteiger partial charge in [-0.05, 0) is 30.0 Å². The van der Waals surface area contributed by atoms with Crippen LogP contribution in [0.4, 0.5) is 0 Å². The number of methoxy groups -OCH3 is 1. The van der Waals surface area contributed by atoms with E-state index in [1.807, 2.05) is 26.8 Å². The number of ether oxygens (including phenoxy) is 1. The molecular weight excluding hydrogens is 190 g/mol. The Morgan fingerprint density at radius 2 is 2.13 bits per heavy atom. The maximum absolute atomic E-state index is 11.7. The molecule has 3 nitrogen and oxygen atoms in total. The Labute approximate surface area is 90.5 Å². The van der Waals surface area contributed by atoms with E-state index in [1.165, 1.54) is 7.11 Å². The number of carbonyl (C=O) groups excluding carboxylic acids is 1. The summed E-state index contributed by atoms with van der Waals surface area (Å²) >= 11 is 0. The Kier molecular flexibility index (Phi) is 3.83. The van der Waals surface area contributed by atoms with Crippen LogP contribution in [0.3, 0.4) is 0 Å². The number of rotatable bonds is 3. The lowest BCUT2D eigenvalue weighted by atomic mass is 9.87. The fourth-order valence-corrected chi connectivity index (χ4v) is 1.72. The van der Waals surface area contributed by atoms with E-state index in [0.717, 1.165) is 11.1 Å². The quantitative estimate of drug-likeness (QED) is 0.714. The molecule has 3 heteroatoms. The van der Waals surface area contributed by atoms with E-state index in [9.17, 15) is 4.79 Å². The van der Waals surface area contributed by atoms with Crippen molar-refractivity contribution in [2.45, 2.75) is 26.7 Å². The minimum Gasteiger partial charge on any atom is -0.469 e. The van der Waals surface area contributed by atoms with Crippen molar-refractivity contribution in [3.63, 3.8) is 0 Å². The molecule has 0 fully saturated rings. The lowest BCUT2D eigenvalue weighted by molar-refractivity contribution is -0.143. The van der Waals surface area contributed by atoms with Gasteiger partial charge in [-0.2, -0.15) is 0 Å². The average molecular weight is 207 g/mol. The van der Waals surface area contributed by atoms with Crippen molar-refractivity contribution in [1.82, 2.24) is 4.98 Å². The van der Waals surface area contributed by atoms with Crippen LogP contribution in [0.5, 0.6) is 0 Å². The molecule has 1 atom stereocenters. The molecule has 0 saturated carbocycles. The number of carbonyl (C=O) groups is 1. The second kappa shape index (κ2) is 4.91. The monoisotopic (exact) mass is 207 g/mol. The van der Waals surface area contributed by atoms with Gasteiger partial charge in [0.15, 0.2) is 0 Å². The Balaban J connectivity index is 3.10. The average Bonchev–Trinajstić information content (AvgIpc) is 2.20. The molecule has 0 saturated heterocycles. The summed E-state index contributed by atoms with van der Waals surface area (Å²) in [7, 11) is 1.42. The molecule has 15 heavy (non-hydrogen) atoms. The van der Waals surface area contributed by atoms with Crippen molar-refractivity contribution in [2.24, 2.45) is 5.92 Å². The zero-order chi connectivity index (χ0) is 11.4. The molecule has 82 valence electrons. The summed E-state index contributed by atoms with van der Waals surface area (Å²) in [6, 6.07) is 1.89. The van der Waals surface area contributed by atoms with Crippen LogP contribution in [0.1, 0.15) is 30.9 Å². The molecular formula is C12H17NO2. The minimum atomic E-state index is -0.196. The zero-order valence-corrected chi connectivity index (χ0v) is 9.65. The molecule has 1 aromatic rings. The smallest absolute Gasteiger partial charge is 0.313 e. The summed E-state index contributed by atoms with van der Waals surface area (Å²) in [5.41, 5.74) is 2.04. The summed E-state index contributed by atoms with van der Waals surface area (Å²) < 4.78 is 4.82. The zero-order valence-electron chi connectivity index (χ0n) is 9.65. The van der Waals surface area contributed by atoms with E-state index in [4.69, 9.17) is 4.74 Å². The number of pyridine rings is 1. The summed E-state index contributed by atoms with van der Waals surface area (Å²) in [4.78, 5) is 15.7. The fraction of sp³-hybridized carbons (Fsp3) is 0.500. The molecule has 1 aromatic heterocycles. The van der Waals surface area contributed by atoms with Gasteiger partial charge in [0.25, 0.3) is 0 Å². The molecule has 0 N–H and O–H groups in total. The van der Waals surface area contributed by atoms with E-state index in [2.05, 4.69) is 4.98 Å². The Morgan fingerprint density at radius 3 is 2.60 bits per heavy atom. The van der Waals surface area contributed by atoms with Gasteiger partial charge in [0.2, 0.25) is 0 Å². The van der Waals surface area contributed by atoms with Crippen LogP contribution in [-0.4, -0.2) is 18.1 Å². The van der Waals surface area contributed by atoms with Crippen LogP contribution < -0.4 is 0 Å². The van der Waals surface area contributed by atoms with E-state index in [1.54, 1.807) is 12.4 Å². The van der Waals surface area contributed by atoms with Gasteiger partial charge in [0.1, 0.15) is 0 Å². The van der Waals surface area contributed by atoms with Gasteiger partial charge >= 0.3 is 5.97 Å². The van der Waals surface area contributed by atoms with Crippen LogP contribution in [-0.2, 0) is 9.53 Å². The van der Waals surface area contributed by atoms with E-state index < -0.39 is 0 Å². The van der Waals surface area contributed by atoms with Gasteiger partial charge in [0, 0.05) is 12.4 Å². The highest BCUT2D eigenvalue weighted by Crippen LogP contribution is 2.27. The van der Waals surface area contributed by atoms with Crippen LogP contribution in [0, 0.1) is 12.8 Å². The summed E-state index contributed by atoms with van der Waals surface area (Å²) in [6.07, 6.45) is 3.48. The lowest BCUT2D eigenvalue weighted by Gasteiger charge is -2.20. The van der Waals surface area contributed by atoms with E-state index >= 15 is 0 Å². The third kappa shape index (κ3) is 2.55. The van der Waals surface area contributed by atoms with Crippen LogP contribution in [0.2, 0.25) is 0 Å². The molecule has 0 radical (unpaired) electrons. The van der Waals surface area contributed by atoms with Crippen molar-refractivity contribution in [3.8, 4) is 0 Å². The molecule has 0 amide bonds. The van der Waals surface area contributed by atoms with E-state index in [-0.39, 0.29) is 17.8 Å². The van der Waals surface area contributed by atoms with Crippen molar-refractivity contribution in [3.05, 3.63) is 29.6 Å². The van der Waals surface area contributed by atoms with E-state index in [0.29, 0.717) is 0 Å². The molecule has 0 aromatic carbocycles. The molecule has 0 aliphatic rings. The molecule has 1 heterocycles. The first kappa shape index (κ1) is 11.7. The number of nitrogens with zero attached hydrogens (tertiary/aromatic N) is 1. The van der Waals surface area contributed by atoms with Crippen molar-refractivity contribution >= 4 is 5.97 Å². The van der Waals surface area contributed by atoms with Crippen molar-refractivity contribution in [1.29, 1.82) is 0 Å². The summed E-state index contributed by atoms with van der Waals surface area (Å²) in [5.74, 6) is -0.157. The predicted octanol–water partition coefficient (Wildman–Crippen LogP) is 2.30. The number of aryl methyl sites for hydroxylation is 1. The lowest BCUT2D eigenvalue weighted by Crippen LogP contribution is -2.20. The topological polar surface area (TPSA) is 39.2 Å². The maximum Gasteiger partial charge on any atom is 0.313 e. The highest BCUT2D eigenvalue weighted by atomic mass is 16.5. The van der Waals surface area contributed by atoms with Crippen molar-refractivity contribution in [2.75, 3.05) is 7.11 Å². The molecule has 0 bridgehead atoms. The van der Waals surface area contributed by atoms with Gasteiger partial charge in [0.05, 0.1) is 13.0 Å². The molecule has 1 unspecified atom stereocenters. The molecule has 1 rings (SSSR count). The maximum atomic E-state index is 11.7. The minimum absolute atomic E-state index is 0.181. The third-order valence-corrected chi connectivity index (χ3v) is 2.52. The van der Waals surface area contributed by atoms with Gasteiger partial charge in [-0.25, -0.2) is 0 Å². The second-order valence-electron chi connectivity index (χ2n) is 3.98. The number of esters is 1.